The summed E-state index contributed by atoms with van der Waals surface area (Å²) in [4.78, 5) is 0. The van der Waals surface area contributed by atoms with Crippen molar-refractivity contribution in [2.75, 3.05) is 6.54 Å². The number of rotatable bonds is 3. The Morgan fingerprint density at radius 2 is 2.06 bits per heavy atom. The first-order valence-electron chi connectivity index (χ1n) is 6.64. The second-order valence-electron chi connectivity index (χ2n) is 4.97. The lowest BCUT2D eigenvalue weighted by Crippen LogP contribution is -2.28. The zero-order valence-electron chi connectivity index (χ0n) is 10.3. The molecule has 1 unspecified atom stereocenters. The first-order valence-corrected chi connectivity index (χ1v) is 6.64. The van der Waals surface area contributed by atoms with Crippen LogP contribution in [0, 0.1) is 6.92 Å². The van der Waals surface area contributed by atoms with Gasteiger partial charge >= 0.3 is 0 Å². The van der Waals surface area contributed by atoms with Gasteiger partial charge < -0.3 is 5.32 Å². The summed E-state index contributed by atoms with van der Waals surface area (Å²) in [7, 11) is 0. The van der Waals surface area contributed by atoms with Gasteiger partial charge in [0.1, 0.15) is 0 Å². The Bertz CT molecular complexity index is 311. The molecule has 1 saturated heterocycles. The van der Waals surface area contributed by atoms with E-state index in [0.717, 1.165) is 6.04 Å². The molecule has 0 saturated carbocycles. The lowest BCUT2D eigenvalue weighted by atomic mass is 9.99. The van der Waals surface area contributed by atoms with E-state index in [4.69, 9.17) is 0 Å². The van der Waals surface area contributed by atoms with Crippen molar-refractivity contribution in [2.24, 2.45) is 0 Å². The van der Waals surface area contributed by atoms with Crippen molar-refractivity contribution >= 4 is 0 Å². The van der Waals surface area contributed by atoms with Gasteiger partial charge in [-0.05, 0) is 50.3 Å². The van der Waals surface area contributed by atoms with Crippen LogP contribution in [-0.4, -0.2) is 12.6 Å². The SMILES string of the molecule is Cc1ccccc1CCC1CCCCCN1. The molecule has 0 amide bonds. The monoisotopic (exact) mass is 217 g/mol. The largest absolute Gasteiger partial charge is 0.314 e. The molecule has 1 fully saturated rings. The predicted octanol–water partition coefficient (Wildman–Crippen LogP) is 3.46. The van der Waals surface area contributed by atoms with Crippen LogP contribution >= 0.6 is 0 Å². The highest BCUT2D eigenvalue weighted by atomic mass is 14.9. The third-order valence-electron chi connectivity index (χ3n) is 3.69. The van der Waals surface area contributed by atoms with Gasteiger partial charge in [-0.25, -0.2) is 0 Å². The maximum atomic E-state index is 3.67. The molecule has 1 aliphatic heterocycles. The molecule has 0 bridgehead atoms. The summed E-state index contributed by atoms with van der Waals surface area (Å²) in [5.41, 5.74) is 2.96. The Morgan fingerprint density at radius 3 is 2.94 bits per heavy atom. The minimum absolute atomic E-state index is 0.752. The second-order valence-corrected chi connectivity index (χ2v) is 4.97. The van der Waals surface area contributed by atoms with Gasteiger partial charge in [-0.1, -0.05) is 37.1 Å². The van der Waals surface area contributed by atoms with Gasteiger partial charge in [0.05, 0.1) is 0 Å². The van der Waals surface area contributed by atoms with Gasteiger partial charge in [-0.3, -0.25) is 0 Å². The molecule has 1 aliphatic rings. The first kappa shape index (κ1) is 11.7. The molecule has 0 radical (unpaired) electrons. The molecular weight excluding hydrogens is 194 g/mol. The molecule has 2 rings (SSSR count). The Balaban J connectivity index is 1.84. The molecule has 0 spiro atoms. The van der Waals surface area contributed by atoms with E-state index in [1.54, 1.807) is 0 Å². The van der Waals surface area contributed by atoms with Crippen LogP contribution in [-0.2, 0) is 6.42 Å². The number of hydrogen-bond donors (Lipinski definition) is 1. The summed E-state index contributed by atoms with van der Waals surface area (Å²) in [5, 5.41) is 3.67. The molecule has 1 heterocycles. The van der Waals surface area contributed by atoms with E-state index in [9.17, 15) is 0 Å². The molecule has 1 atom stereocenters. The van der Waals surface area contributed by atoms with Gasteiger partial charge in [-0.15, -0.1) is 0 Å². The van der Waals surface area contributed by atoms with Crippen LogP contribution in [0.1, 0.15) is 43.2 Å². The second kappa shape index (κ2) is 6.05. The van der Waals surface area contributed by atoms with Crippen molar-refractivity contribution in [1.82, 2.24) is 5.32 Å². The third kappa shape index (κ3) is 3.34. The molecular formula is C15H23N. The van der Waals surface area contributed by atoms with Gasteiger partial charge in [0.25, 0.3) is 0 Å². The molecule has 1 aromatic rings. The lowest BCUT2D eigenvalue weighted by Gasteiger charge is -2.16. The average molecular weight is 217 g/mol. The van der Waals surface area contributed by atoms with E-state index in [1.165, 1.54) is 56.2 Å². The van der Waals surface area contributed by atoms with Gasteiger partial charge in [-0.2, -0.15) is 0 Å². The zero-order chi connectivity index (χ0) is 11.2. The lowest BCUT2D eigenvalue weighted by molar-refractivity contribution is 0.478. The standard InChI is InChI=1S/C15H23N/c1-13-7-4-5-8-14(13)10-11-15-9-3-2-6-12-16-15/h4-5,7-8,15-16H,2-3,6,9-12H2,1H3. The van der Waals surface area contributed by atoms with Crippen molar-refractivity contribution in [3.8, 4) is 0 Å². The number of hydrogen-bond acceptors (Lipinski definition) is 1. The van der Waals surface area contributed by atoms with Crippen molar-refractivity contribution < 1.29 is 0 Å². The van der Waals surface area contributed by atoms with E-state index in [0.29, 0.717) is 0 Å². The third-order valence-corrected chi connectivity index (χ3v) is 3.69. The fraction of sp³-hybridized carbons (Fsp3) is 0.600. The quantitative estimate of drug-likeness (QED) is 0.817. The predicted molar refractivity (Wildman–Crippen MR) is 69.8 cm³/mol. The number of nitrogens with one attached hydrogen (secondary N) is 1. The van der Waals surface area contributed by atoms with Crippen molar-refractivity contribution in [3.05, 3.63) is 35.4 Å². The molecule has 1 heteroatoms. The van der Waals surface area contributed by atoms with Crippen LogP contribution in [0.4, 0.5) is 0 Å². The summed E-state index contributed by atoms with van der Waals surface area (Å²) in [6.45, 7) is 3.44. The average Bonchev–Trinajstić information content (AvgIpc) is 2.56. The maximum absolute atomic E-state index is 3.67. The van der Waals surface area contributed by atoms with E-state index < -0.39 is 0 Å². The summed E-state index contributed by atoms with van der Waals surface area (Å²) in [6, 6.07) is 9.52. The number of aryl methyl sites for hydroxylation is 2. The fourth-order valence-electron chi connectivity index (χ4n) is 2.57. The van der Waals surface area contributed by atoms with Crippen LogP contribution in [0.5, 0.6) is 0 Å². The molecule has 88 valence electrons. The smallest absolute Gasteiger partial charge is 0.00702 e. The molecule has 0 aromatic heterocycles. The van der Waals surface area contributed by atoms with Crippen LogP contribution in [0.3, 0.4) is 0 Å². The highest BCUT2D eigenvalue weighted by molar-refractivity contribution is 5.25. The van der Waals surface area contributed by atoms with E-state index >= 15 is 0 Å². The molecule has 1 N–H and O–H groups in total. The van der Waals surface area contributed by atoms with Gasteiger partial charge in [0.2, 0.25) is 0 Å². The molecule has 16 heavy (non-hydrogen) atoms. The van der Waals surface area contributed by atoms with Crippen molar-refractivity contribution in [2.45, 2.75) is 51.5 Å². The highest BCUT2D eigenvalue weighted by Gasteiger charge is 2.11. The van der Waals surface area contributed by atoms with Crippen LogP contribution < -0.4 is 5.32 Å². The van der Waals surface area contributed by atoms with Crippen molar-refractivity contribution in [1.29, 1.82) is 0 Å². The fourth-order valence-corrected chi connectivity index (χ4v) is 2.57. The first-order chi connectivity index (χ1) is 7.86. The topological polar surface area (TPSA) is 12.0 Å². The number of benzene rings is 1. The Kier molecular flexibility index (Phi) is 4.41. The summed E-state index contributed by atoms with van der Waals surface area (Å²) in [6.07, 6.45) is 8.07. The maximum Gasteiger partial charge on any atom is 0.00702 e. The van der Waals surface area contributed by atoms with Crippen molar-refractivity contribution in [3.63, 3.8) is 0 Å². The van der Waals surface area contributed by atoms with E-state index in [-0.39, 0.29) is 0 Å². The normalized spacial score (nSPS) is 21.7. The zero-order valence-corrected chi connectivity index (χ0v) is 10.3. The Hall–Kier alpha value is -0.820. The Morgan fingerprint density at radius 1 is 1.19 bits per heavy atom. The van der Waals surface area contributed by atoms with Gasteiger partial charge in [0, 0.05) is 6.04 Å². The summed E-state index contributed by atoms with van der Waals surface area (Å²) >= 11 is 0. The summed E-state index contributed by atoms with van der Waals surface area (Å²) < 4.78 is 0. The van der Waals surface area contributed by atoms with E-state index in [1.807, 2.05) is 0 Å². The van der Waals surface area contributed by atoms with Crippen LogP contribution in [0.2, 0.25) is 0 Å². The van der Waals surface area contributed by atoms with Gasteiger partial charge in [0.15, 0.2) is 0 Å². The van der Waals surface area contributed by atoms with Crippen LogP contribution in [0.15, 0.2) is 24.3 Å². The highest BCUT2D eigenvalue weighted by Crippen LogP contribution is 2.15. The van der Waals surface area contributed by atoms with E-state index in [2.05, 4.69) is 36.5 Å². The molecule has 1 nitrogen and oxygen atoms in total. The summed E-state index contributed by atoms with van der Waals surface area (Å²) in [5.74, 6) is 0. The minimum atomic E-state index is 0.752. The molecule has 1 aromatic carbocycles. The Labute approximate surface area is 99.3 Å². The minimum Gasteiger partial charge on any atom is -0.314 e. The molecule has 0 aliphatic carbocycles. The van der Waals surface area contributed by atoms with Crippen LogP contribution in [0.25, 0.3) is 0 Å².